The van der Waals surface area contributed by atoms with Gasteiger partial charge < -0.3 is 10.1 Å². The molecule has 2 nitrogen and oxygen atoms in total. The minimum absolute atomic E-state index is 0.108. The molecule has 1 aromatic carbocycles. The van der Waals surface area contributed by atoms with Crippen LogP contribution in [0.25, 0.3) is 0 Å². The highest BCUT2D eigenvalue weighted by molar-refractivity contribution is 6.18. The van der Waals surface area contributed by atoms with E-state index in [0.717, 1.165) is 18.8 Å². The first kappa shape index (κ1) is 14.3. The van der Waals surface area contributed by atoms with Gasteiger partial charge in [-0.15, -0.1) is 11.6 Å². The first-order chi connectivity index (χ1) is 8.10. The second-order valence-corrected chi connectivity index (χ2v) is 5.08. The monoisotopic (exact) mass is 255 g/mol. The van der Waals surface area contributed by atoms with Gasteiger partial charge in [0.15, 0.2) is 0 Å². The third-order valence-electron chi connectivity index (χ3n) is 2.79. The number of rotatable bonds is 7. The van der Waals surface area contributed by atoms with Crippen molar-refractivity contribution in [1.29, 1.82) is 0 Å². The van der Waals surface area contributed by atoms with Crippen molar-refractivity contribution in [1.82, 2.24) is 5.32 Å². The van der Waals surface area contributed by atoms with E-state index in [1.807, 2.05) is 19.1 Å². The van der Waals surface area contributed by atoms with Gasteiger partial charge >= 0.3 is 0 Å². The van der Waals surface area contributed by atoms with Crippen LogP contribution in [0.2, 0.25) is 0 Å². The number of benzene rings is 1. The van der Waals surface area contributed by atoms with Crippen LogP contribution >= 0.6 is 11.6 Å². The van der Waals surface area contributed by atoms with Crippen LogP contribution in [0.5, 0.6) is 5.75 Å². The number of hydrogen-bond acceptors (Lipinski definition) is 2. The van der Waals surface area contributed by atoms with Gasteiger partial charge in [0.1, 0.15) is 5.75 Å². The van der Waals surface area contributed by atoms with E-state index in [0.29, 0.717) is 12.5 Å². The lowest BCUT2D eigenvalue weighted by molar-refractivity contribution is 0.340. The molecule has 0 amide bonds. The minimum Gasteiger partial charge on any atom is -0.494 e. The van der Waals surface area contributed by atoms with E-state index in [1.54, 1.807) is 0 Å². The van der Waals surface area contributed by atoms with Gasteiger partial charge in [-0.05, 0) is 24.6 Å². The lowest BCUT2D eigenvalue weighted by Gasteiger charge is -2.25. The molecule has 0 fully saturated rings. The summed E-state index contributed by atoms with van der Waals surface area (Å²) in [6.07, 6.45) is 0. The van der Waals surface area contributed by atoms with Crippen LogP contribution in [0.3, 0.4) is 0 Å². The van der Waals surface area contributed by atoms with Crippen LogP contribution in [0.4, 0.5) is 0 Å². The third-order valence-corrected chi connectivity index (χ3v) is 2.97. The van der Waals surface area contributed by atoms with E-state index in [9.17, 15) is 0 Å². The fourth-order valence-corrected chi connectivity index (χ4v) is 1.87. The maximum atomic E-state index is 5.65. The van der Waals surface area contributed by atoms with Crippen molar-refractivity contribution in [3.63, 3.8) is 0 Å². The molecule has 1 N–H and O–H groups in total. The minimum atomic E-state index is 0.108. The Balaban J connectivity index is 2.63. The topological polar surface area (TPSA) is 21.3 Å². The summed E-state index contributed by atoms with van der Waals surface area (Å²) in [7, 11) is 0. The van der Waals surface area contributed by atoms with Crippen molar-refractivity contribution in [3.05, 3.63) is 29.8 Å². The SMILES string of the molecule is CCOc1ccc(C(C)(C)CNCCCl)cc1. The average molecular weight is 256 g/mol. The molecule has 3 heteroatoms. The molecule has 0 unspecified atom stereocenters. The summed E-state index contributed by atoms with van der Waals surface area (Å²) in [5.41, 5.74) is 1.42. The number of halogens is 1. The fraction of sp³-hybridized carbons (Fsp3) is 0.571. The summed E-state index contributed by atoms with van der Waals surface area (Å²) in [5.74, 6) is 1.58. The molecule has 0 aliphatic carbocycles. The molecule has 0 atom stereocenters. The maximum Gasteiger partial charge on any atom is 0.119 e. The molecule has 0 bridgehead atoms. The van der Waals surface area contributed by atoms with Crippen LogP contribution in [0.15, 0.2) is 24.3 Å². The average Bonchev–Trinajstić information content (AvgIpc) is 2.30. The van der Waals surface area contributed by atoms with Crippen LogP contribution < -0.4 is 10.1 Å². The summed E-state index contributed by atoms with van der Waals surface area (Å²) in [4.78, 5) is 0. The van der Waals surface area contributed by atoms with E-state index < -0.39 is 0 Å². The predicted molar refractivity (Wildman–Crippen MR) is 74.2 cm³/mol. The van der Waals surface area contributed by atoms with E-state index in [2.05, 4.69) is 31.3 Å². The van der Waals surface area contributed by atoms with Crippen molar-refractivity contribution in [3.8, 4) is 5.75 Å². The van der Waals surface area contributed by atoms with Crippen molar-refractivity contribution in [2.24, 2.45) is 0 Å². The number of alkyl halides is 1. The largest absolute Gasteiger partial charge is 0.494 e. The Morgan fingerprint density at radius 1 is 1.24 bits per heavy atom. The van der Waals surface area contributed by atoms with E-state index >= 15 is 0 Å². The lowest BCUT2D eigenvalue weighted by Crippen LogP contribution is -2.33. The Labute approximate surface area is 109 Å². The molecular weight excluding hydrogens is 234 g/mol. The van der Waals surface area contributed by atoms with Crippen molar-refractivity contribution in [2.75, 3.05) is 25.6 Å². The molecule has 1 rings (SSSR count). The Kier molecular flexibility index (Phi) is 5.79. The van der Waals surface area contributed by atoms with Crippen LogP contribution in [0, 0.1) is 0 Å². The molecule has 0 saturated carbocycles. The molecule has 96 valence electrons. The second kappa shape index (κ2) is 6.87. The highest BCUT2D eigenvalue weighted by atomic mass is 35.5. The maximum absolute atomic E-state index is 5.65. The van der Waals surface area contributed by atoms with Gasteiger partial charge in [0.2, 0.25) is 0 Å². The van der Waals surface area contributed by atoms with Crippen LogP contribution in [-0.2, 0) is 5.41 Å². The zero-order valence-electron chi connectivity index (χ0n) is 10.9. The van der Waals surface area contributed by atoms with Crippen LogP contribution in [-0.4, -0.2) is 25.6 Å². The molecular formula is C14H22ClNO. The van der Waals surface area contributed by atoms with Gasteiger partial charge in [-0.25, -0.2) is 0 Å². The van der Waals surface area contributed by atoms with Gasteiger partial charge in [-0.2, -0.15) is 0 Å². The van der Waals surface area contributed by atoms with E-state index in [1.165, 1.54) is 5.56 Å². The standard InChI is InChI=1S/C14H22ClNO/c1-4-17-13-7-5-12(6-8-13)14(2,3)11-16-10-9-15/h5-8,16H,4,9-11H2,1-3H3. The summed E-state index contributed by atoms with van der Waals surface area (Å²) >= 11 is 5.65. The molecule has 0 radical (unpaired) electrons. The van der Waals surface area contributed by atoms with Gasteiger partial charge in [-0.1, -0.05) is 26.0 Å². The summed E-state index contributed by atoms with van der Waals surface area (Å²) in [6.45, 7) is 8.93. The first-order valence-corrected chi connectivity index (χ1v) is 6.63. The van der Waals surface area contributed by atoms with Gasteiger partial charge in [0.05, 0.1) is 6.61 Å². The number of nitrogens with one attached hydrogen (secondary N) is 1. The lowest BCUT2D eigenvalue weighted by atomic mass is 9.84. The molecule has 0 aliphatic heterocycles. The number of ether oxygens (including phenoxy) is 1. The quantitative estimate of drug-likeness (QED) is 0.597. The molecule has 0 heterocycles. The van der Waals surface area contributed by atoms with Crippen molar-refractivity contribution in [2.45, 2.75) is 26.2 Å². The highest BCUT2D eigenvalue weighted by Crippen LogP contribution is 2.24. The summed E-state index contributed by atoms with van der Waals surface area (Å²) in [5, 5.41) is 3.35. The molecule has 1 aromatic rings. The van der Waals surface area contributed by atoms with E-state index in [-0.39, 0.29) is 5.41 Å². The van der Waals surface area contributed by atoms with Crippen molar-refractivity contribution >= 4 is 11.6 Å². The Bertz CT molecular complexity index is 321. The van der Waals surface area contributed by atoms with Gasteiger partial charge in [0, 0.05) is 24.4 Å². The summed E-state index contributed by atoms with van der Waals surface area (Å²) < 4.78 is 5.44. The zero-order chi connectivity index (χ0) is 12.7. The third kappa shape index (κ3) is 4.57. The van der Waals surface area contributed by atoms with Crippen LogP contribution in [0.1, 0.15) is 26.3 Å². The summed E-state index contributed by atoms with van der Waals surface area (Å²) in [6, 6.07) is 8.32. The van der Waals surface area contributed by atoms with E-state index in [4.69, 9.17) is 16.3 Å². The van der Waals surface area contributed by atoms with Crippen molar-refractivity contribution < 1.29 is 4.74 Å². The molecule has 0 aromatic heterocycles. The Morgan fingerprint density at radius 2 is 1.88 bits per heavy atom. The smallest absolute Gasteiger partial charge is 0.119 e. The second-order valence-electron chi connectivity index (χ2n) is 4.71. The molecule has 0 saturated heterocycles. The van der Waals surface area contributed by atoms with Gasteiger partial charge in [0.25, 0.3) is 0 Å². The predicted octanol–water partition coefficient (Wildman–Crippen LogP) is 3.19. The zero-order valence-corrected chi connectivity index (χ0v) is 11.7. The molecule has 17 heavy (non-hydrogen) atoms. The Morgan fingerprint density at radius 3 is 2.41 bits per heavy atom. The number of hydrogen-bond donors (Lipinski definition) is 1. The Hall–Kier alpha value is -0.730. The first-order valence-electron chi connectivity index (χ1n) is 6.10. The highest BCUT2D eigenvalue weighted by Gasteiger charge is 2.19. The normalized spacial score (nSPS) is 11.5. The van der Waals surface area contributed by atoms with Gasteiger partial charge in [-0.3, -0.25) is 0 Å². The fourth-order valence-electron chi connectivity index (χ4n) is 1.74. The molecule has 0 spiro atoms. The molecule has 0 aliphatic rings.